The molecule has 84 valence electrons. The molecule has 0 radical (unpaired) electrons. The number of carbonyl (C=O) groups excluding carboxylic acids is 1. The Morgan fingerprint density at radius 1 is 1.38 bits per heavy atom. The van der Waals surface area contributed by atoms with E-state index < -0.39 is 5.41 Å². The SMILES string of the molecule is COc1cccc2c1C(=O)/C(=N\O)C2(C)C. The Balaban J connectivity index is 2.76. The van der Waals surface area contributed by atoms with Crippen LogP contribution in [0.5, 0.6) is 5.75 Å². The van der Waals surface area contributed by atoms with Crippen molar-refractivity contribution in [3.63, 3.8) is 0 Å². The van der Waals surface area contributed by atoms with Crippen molar-refractivity contribution in [1.82, 2.24) is 0 Å². The van der Waals surface area contributed by atoms with Gasteiger partial charge in [-0.25, -0.2) is 0 Å². The zero-order valence-corrected chi connectivity index (χ0v) is 9.44. The van der Waals surface area contributed by atoms with Crippen LogP contribution in [0.15, 0.2) is 23.4 Å². The topological polar surface area (TPSA) is 58.9 Å². The second-order valence-corrected chi connectivity index (χ2v) is 4.29. The molecular weight excluding hydrogens is 206 g/mol. The van der Waals surface area contributed by atoms with Crippen LogP contribution in [-0.4, -0.2) is 23.8 Å². The van der Waals surface area contributed by atoms with E-state index in [-0.39, 0.29) is 11.5 Å². The Hall–Kier alpha value is -1.84. The predicted octanol–water partition coefficient (Wildman–Crippen LogP) is 2.00. The third kappa shape index (κ3) is 1.16. The summed E-state index contributed by atoms with van der Waals surface area (Å²) in [5, 5.41) is 12.1. The lowest BCUT2D eigenvalue weighted by Crippen LogP contribution is -2.27. The highest BCUT2D eigenvalue weighted by Crippen LogP contribution is 2.40. The highest BCUT2D eigenvalue weighted by molar-refractivity contribution is 6.52. The Kier molecular flexibility index (Phi) is 2.22. The minimum Gasteiger partial charge on any atom is -0.496 e. The number of hydrogen-bond donors (Lipinski definition) is 1. The van der Waals surface area contributed by atoms with Gasteiger partial charge in [0.05, 0.1) is 12.7 Å². The summed E-state index contributed by atoms with van der Waals surface area (Å²) in [4.78, 5) is 12.1. The van der Waals surface area contributed by atoms with Gasteiger partial charge in [-0.1, -0.05) is 17.3 Å². The van der Waals surface area contributed by atoms with Gasteiger partial charge in [0, 0.05) is 5.41 Å². The summed E-state index contributed by atoms with van der Waals surface area (Å²) in [6, 6.07) is 5.41. The van der Waals surface area contributed by atoms with Gasteiger partial charge in [0.25, 0.3) is 0 Å². The second kappa shape index (κ2) is 3.33. The Morgan fingerprint density at radius 3 is 2.62 bits per heavy atom. The molecule has 0 spiro atoms. The average molecular weight is 219 g/mol. The zero-order chi connectivity index (χ0) is 11.9. The van der Waals surface area contributed by atoms with Crippen LogP contribution in [0.1, 0.15) is 29.8 Å². The highest BCUT2D eigenvalue weighted by Gasteiger charge is 2.44. The number of ether oxygens (including phenoxy) is 1. The molecule has 0 saturated heterocycles. The lowest BCUT2D eigenvalue weighted by Gasteiger charge is -2.17. The first-order chi connectivity index (χ1) is 7.54. The minimum absolute atomic E-state index is 0.159. The fourth-order valence-corrected chi connectivity index (χ4v) is 2.16. The van der Waals surface area contributed by atoms with Gasteiger partial charge in [-0.2, -0.15) is 0 Å². The monoisotopic (exact) mass is 219 g/mol. The van der Waals surface area contributed by atoms with E-state index in [9.17, 15) is 4.79 Å². The summed E-state index contributed by atoms with van der Waals surface area (Å²) in [7, 11) is 1.52. The number of oxime groups is 1. The van der Waals surface area contributed by atoms with E-state index in [1.165, 1.54) is 7.11 Å². The first-order valence-corrected chi connectivity index (χ1v) is 4.98. The third-order valence-electron chi connectivity index (χ3n) is 3.05. The van der Waals surface area contributed by atoms with Gasteiger partial charge in [0.2, 0.25) is 5.78 Å². The molecule has 0 bridgehead atoms. The van der Waals surface area contributed by atoms with Gasteiger partial charge >= 0.3 is 0 Å². The van der Waals surface area contributed by atoms with Gasteiger partial charge in [-0.15, -0.1) is 0 Å². The maximum atomic E-state index is 12.1. The molecule has 0 atom stereocenters. The summed E-state index contributed by atoms with van der Waals surface area (Å²) in [5.74, 6) is 0.258. The van der Waals surface area contributed by atoms with E-state index in [0.717, 1.165) is 5.56 Å². The smallest absolute Gasteiger partial charge is 0.215 e. The predicted molar refractivity (Wildman–Crippen MR) is 59.6 cm³/mol. The average Bonchev–Trinajstić information content (AvgIpc) is 2.47. The lowest BCUT2D eigenvalue weighted by molar-refractivity contribution is 0.106. The van der Waals surface area contributed by atoms with Gasteiger partial charge in [0.1, 0.15) is 11.5 Å². The van der Waals surface area contributed by atoms with Crippen molar-refractivity contribution >= 4 is 11.5 Å². The molecule has 1 aromatic carbocycles. The maximum Gasteiger partial charge on any atom is 0.215 e. The van der Waals surface area contributed by atoms with Crippen LogP contribution in [0.25, 0.3) is 0 Å². The van der Waals surface area contributed by atoms with Gasteiger partial charge in [-0.3, -0.25) is 4.79 Å². The molecule has 0 aliphatic heterocycles. The number of rotatable bonds is 1. The summed E-state index contributed by atoms with van der Waals surface area (Å²) in [6.45, 7) is 3.70. The first-order valence-electron chi connectivity index (χ1n) is 4.98. The third-order valence-corrected chi connectivity index (χ3v) is 3.05. The molecule has 0 aromatic heterocycles. The van der Waals surface area contributed by atoms with Crippen LogP contribution in [0.4, 0.5) is 0 Å². The zero-order valence-electron chi connectivity index (χ0n) is 9.44. The number of methoxy groups -OCH3 is 1. The van der Waals surface area contributed by atoms with Crippen molar-refractivity contribution in [3.05, 3.63) is 29.3 Å². The van der Waals surface area contributed by atoms with Gasteiger partial charge in [0.15, 0.2) is 0 Å². The number of Topliss-reactive ketones (excluding diaryl/α,β-unsaturated/α-hetero) is 1. The van der Waals surface area contributed by atoms with Crippen LogP contribution in [0.3, 0.4) is 0 Å². The van der Waals surface area contributed by atoms with E-state index in [1.807, 2.05) is 26.0 Å². The fourth-order valence-electron chi connectivity index (χ4n) is 2.16. The van der Waals surface area contributed by atoms with E-state index in [4.69, 9.17) is 9.94 Å². The van der Waals surface area contributed by atoms with Crippen molar-refractivity contribution in [3.8, 4) is 5.75 Å². The Bertz CT molecular complexity index is 489. The van der Waals surface area contributed by atoms with Crippen molar-refractivity contribution in [2.45, 2.75) is 19.3 Å². The van der Waals surface area contributed by atoms with Crippen LogP contribution < -0.4 is 4.74 Å². The summed E-state index contributed by atoms with van der Waals surface area (Å²) in [6.07, 6.45) is 0. The molecule has 0 heterocycles. The lowest BCUT2D eigenvalue weighted by atomic mass is 9.85. The second-order valence-electron chi connectivity index (χ2n) is 4.29. The van der Waals surface area contributed by atoms with Gasteiger partial charge < -0.3 is 9.94 Å². The van der Waals surface area contributed by atoms with E-state index in [2.05, 4.69) is 5.16 Å². The fraction of sp³-hybridized carbons (Fsp3) is 0.333. The highest BCUT2D eigenvalue weighted by atomic mass is 16.5. The maximum absolute atomic E-state index is 12.1. The minimum atomic E-state index is -0.574. The van der Waals surface area contributed by atoms with E-state index >= 15 is 0 Å². The number of benzene rings is 1. The molecule has 1 N–H and O–H groups in total. The van der Waals surface area contributed by atoms with Crippen molar-refractivity contribution in [2.75, 3.05) is 7.11 Å². The molecule has 4 nitrogen and oxygen atoms in total. The quantitative estimate of drug-likeness (QED) is 0.580. The molecule has 0 unspecified atom stereocenters. The number of ketones is 1. The Labute approximate surface area is 93.5 Å². The molecule has 16 heavy (non-hydrogen) atoms. The summed E-state index contributed by atoms with van der Waals surface area (Å²) >= 11 is 0. The molecule has 1 aromatic rings. The molecule has 0 saturated carbocycles. The number of carbonyl (C=O) groups is 1. The number of nitrogens with zero attached hydrogens (tertiary/aromatic N) is 1. The molecule has 0 fully saturated rings. The standard InChI is InChI=1S/C12H13NO3/c1-12(2)7-5-4-6-8(16-3)9(7)10(14)11(12)13-15/h4-6,15H,1-3H3/b13-11+. The van der Waals surface area contributed by atoms with Crippen LogP contribution in [0.2, 0.25) is 0 Å². The molecule has 0 amide bonds. The molecule has 1 aliphatic rings. The Morgan fingerprint density at radius 2 is 2.06 bits per heavy atom. The van der Waals surface area contributed by atoms with Crippen LogP contribution >= 0.6 is 0 Å². The number of fused-ring (bicyclic) bond motifs is 1. The van der Waals surface area contributed by atoms with Crippen molar-refractivity contribution in [1.29, 1.82) is 0 Å². The normalized spacial score (nSPS) is 19.9. The van der Waals surface area contributed by atoms with Crippen molar-refractivity contribution in [2.24, 2.45) is 5.16 Å². The summed E-state index contributed by atoms with van der Waals surface area (Å²) in [5.41, 5.74) is 0.926. The van der Waals surface area contributed by atoms with E-state index in [1.54, 1.807) is 6.07 Å². The summed E-state index contributed by atoms with van der Waals surface area (Å²) < 4.78 is 5.16. The van der Waals surface area contributed by atoms with E-state index in [0.29, 0.717) is 11.3 Å². The largest absolute Gasteiger partial charge is 0.496 e. The first kappa shape index (κ1) is 10.7. The molecule has 2 rings (SSSR count). The van der Waals surface area contributed by atoms with Crippen molar-refractivity contribution < 1.29 is 14.7 Å². The van der Waals surface area contributed by atoms with Crippen LogP contribution in [0, 0.1) is 0 Å². The molecule has 4 heteroatoms. The molecule has 1 aliphatic carbocycles. The van der Waals surface area contributed by atoms with Crippen LogP contribution in [-0.2, 0) is 5.41 Å². The molecular formula is C12H13NO3. The van der Waals surface area contributed by atoms with Gasteiger partial charge in [-0.05, 0) is 25.5 Å². The number of hydrogen-bond acceptors (Lipinski definition) is 4.